The zero-order valence-corrected chi connectivity index (χ0v) is 19.6. The molecule has 33 heavy (non-hydrogen) atoms. The van der Waals surface area contributed by atoms with Gasteiger partial charge < -0.3 is 29.6 Å². The molecule has 0 saturated carbocycles. The molecule has 2 aromatic heterocycles. The summed E-state index contributed by atoms with van der Waals surface area (Å²) < 4.78 is 10.6. The molecule has 3 heterocycles. The molecule has 10 heteroatoms. The lowest BCUT2D eigenvalue weighted by molar-refractivity contribution is 0.122. The van der Waals surface area contributed by atoms with Crippen LogP contribution in [0.15, 0.2) is 24.3 Å². The number of aromatic amines is 1. The molecule has 0 spiro atoms. The minimum absolute atomic E-state index is 0.364. The van der Waals surface area contributed by atoms with E-state index in [0.29, 0.717) is 62.7 Å². The van der Waals surface area contributed by atoms with Gasteiger partial charge in [0.05, 0.1) is 19.8 Å². The number of urea groups is 1. The molecule has 3 aromatic rings. The molecule has 10 nitrogen and oxygen atoms in total. The van der Waals surface area contributed by atoms with Gasteiger partial charge in [-0.2, -0.15) is 9.97 Å². The van der Waals surface area contributed by atoms with Gasteiger partial charge in [0, 0.05) is 62.1 Å². The van der Waals surface area contributed by atoms with Crippen molar-refractivity contribution in [3.05, 3.63) is 35.5 Å². The highest BCUT2D eigenvalue weighted by atomic mass is 16.5. The van der Waals surface area contributed by atoms with Crippen molar-refractivity contribution in [2.24, 2.45) is 0 Å². The normalized spacial score (nSPS) is 13.9. The van der Waals surface area contributed by atoms with E-state index in [2.05, 4.69) is 32.4 Å². The zero-order chi connectivity index (χ0) is 23.4. The van der Waals surface area contributed by atoms with E-state index >= 15 is 0 Å². The fourth-order valence-electron chi connectivity index (χ4n) is 3.75. The number of nitrogens with zero attached hydrogens (tertiary/aromatic N) is 4. The fraction of sp³-hybridized carbons (Fsp3) is 0.435. The molecule has 2 amide bonds. The predicted octanol–water partition coefficient (Wildman–Crippen LogP) is 3.14. The highest BCUT2D eigenvalue weighted by Gasteiger charge is 2.18. The van der Waals surface area contributed by atoms with E-state index < -0.39 is 0 Å². The number of H-pyrrole nitrogens is 1. The van der Waals surface area contributed by atoms with Gasteiger partial charge in [-0.15, -0.1) is 0 Å². The van der Waals surface area contributed by atoms with Gasteiger partial charge in [0.25, 0.3) is 0 Å². The van der Waals surface area contributed by atoms with Crippen LogP contribution in [0.25, 0.3) is 10.9 Å². The summed E-state index contributed by atoms with van der Waals surface area (Å²) in [5.41, 5.74) is 4.05. The summed E-state index contributed by atoms with van der Waals surface area (Å²) in [6.45, 7) is 7.98. The number of nitrogens with one attached hydrogen (secondary N) is 3. The molecule has 1 aliphatic rings. The van der Waals surface area contributed by atoms with E-state index in [0.717, 1.165) is 16.6 Å². The Labute approximate surface area is 193 Å². The third kappa shape index (κ3) is 5.35. The summed E-state index contributed by atoms with van der Waals surface area (Å²) in [4.78, 5) is 29.5. The lowest BCUT2D eigenvalue weighted by Crippen LogP contribution is -2.38. The van der Waals surface area contributed by atoms with Crippen molar-refractivity contribution in [1.29, 1.82) is 0 Å². The Hall–Kier alpha value is -3.37. The number of likely N-dealkylation sites (N-methyl/N-ethyl adjacent to an activating group) is 1. The van der Waals surface area contributed by atoms with E-state index in [1.165, 1.54) is 5.56 Å². The van der Waals surface area contributed by atoms with E-state index in [1.54, 1.807) is 13.2 Å². The maximum atomic E-state index is 12.8. The lowest BCUT2D eigenvalue weighted by atomic mass is 10.1. The summed E-state index contributed by atoms with van der Waals surface area (Å²) in [5.74, 6) is 1.70. The summed E-state index contributed by atoms with van der Waals surface area (Å²) >= 11 is 0. The fourth-order valence-corrected chi connectivity index (χ4v) is 3.75. The first-order valence-electron chi connectivity index (χ1n) is 11.0. The van der Waals surface area contributed by atoms with E-state index in [1.807, 2.05) is 37.1 Å². The monoisotopic (exact) mass is 453 g/mol. The van der Waals surface area contributed by atoms with Gasteiger partial charge in [0.15, 0.2) is 0 Å². The van der Waals surface area contributed by atoms with Crippen LogP contribution in [0.1, 0.15) is 11.3 Å². The SMILES string of the molecule is COCCN(C)c1cc(NC(=O)Nc2ccc3[nH]c(C)c(C)c3c2)nc(N2CCOCC2)n1. The number of rotatable bonds is 7. The number of aromatic nitrogens is 3. The van der Waals surface area contributed by atoms with Crippen LogP contribution in [0.3, 0.4) is 0 Å². The first-order valence-corrected chi connectivity index (χ1v) is 11.0. The summed E-state index contributed by atoms with van der Waals surface area (Å²) in [5, 5.41) is 6.86. The molecule has 0 atom stereocenters. The number of amides is 2. The van der Waals surface area contributed by atoms with Gasteiger partial charge in [-0.05, 0) is 37.6 Å². The Bertz CT molecular complexity index is 1120. The maximum Gasteiger partial charge on any atom is 0.324 e. The number of hydrogen-bond donors (Lipinski definition) is 3. The third-order valence-electron chi connectivity index (χ3n) is 5.82. The molecule has 0 radical (unpaired) electrons. The molecule has 1 aliphatic heterocycles. The average Bonchev–Trinajstić information content (AvgIpc) is 3.10. The number of aryl methyl sites for hydroxylation is 2. The topological polar surface area (TPSA) is 108 Å². The number of methoxy groups -OCH3 is 1. The summed E-state index contributed by atoms with van der Waals surface area (Å²) in [6, 6.07) is 7.21. The van der Waals surface area contributed by atoms with E-state index in [4.69, 9.17) is 14.5 Å². The van der Waals surface area contributed by atoms with Crippen LogP contribution in [0.4, 0.5) is 28.1 Å². The molecule has 1 aromatic carbocycles. The highest BCUT2D eigenvalue weighted by Crippen LogP contribution is 2.25. The quantitative estimate of drug-likeness (QED) is 0.504. The number of morpholine rings is 1. The van der Waals surface area contributed by atoms with Crippen LogP contribution < -0.4 is 20.4 Å². The van der Waals surface area contributed by atoms with Crippen molar-refractivity contribution < 1.29 is 14.3 Å². The summed E-state index contributed by atoms with van der Waals surface area (Å²) in [7, 11) is 3.60. The van der Waals surface area contributed by atoms with Crippen LogP contribution in [0, 0.1) is 13.8 Å². The van der Waals surface area contributed by atoms with E-state index in [9.17, 15) is 4.79 Å². The molecule has 4 rings (SSSR count). The number of hydrogen-bond acceptors (Lipinski definition) is 7. The number of ether oxygens (including phenoxy) is 2. The maximum absolute atomic E-state index is 12.8. The van der Waals surface area contributed by atoms with Crippen molar-refractivity contribution in [2.45, 2.75) is 13.8 Å². The second-order valence-electron chi connectivity index (χ2n) is 8.14. The number of benzene rings is 1. The first-order chi connectivity index (χ1) is 15.9. The minimum Gasteiger partial charge on any atom is -0.383 e. The third-order valence-corrected chi connectivity index (χ3v) is 5.82. The Morgan fingerprint density at radius 2 is 2.00 bits per heavy atom. The average molecular weight is 454 g/mol. The number of fused-ring (bicyclic) bond motifs is 1. The number of carbonyl (C=O) groups excluding carboxylic acids is 1. The van der Waals surface area contributed by atoms with Gasteiger partial charge >= 0.3 is 6.03 Å². The van der Waals surface area contributed by atoms with Gasteiger partial charge in [0.2, 0.25) is 5.95 Å². The predicted molar refractivity (Wildman–Crippen MR) is 131 cm³/mol. The molecule has 1 fully saturated rings. The van der Waals surface area contributed by atoms with Crippen LogP contribution in [0.5, 0.6) is 0 Å². The van der Waals surface area contributed by atoms with Gasteiger partial charge in [-0.3, -0.25) is 5.32 Å². The van der Waals surface area contributed by atoms with Crippen molar-refractivity contribution in [3.63, 3.8) is 0 Å². The molecular formula is C23H31N7O3. The largest absolute Gasteiger partial charge is 0.383 e. The molecule has 3 N–H and O–H groups in total. The van der Waals surface area contributed by atoms with Crippen molar-refractivity contribution >= 4 is 40.2 Å². The Kier molecular flexibility index (Phi) is 6.95. The zero-order valence-electron chi connectivity index (χ0n) is 19.6. The van der Waals surface area contributed by atoms with Crippen LogP contribution >= 0.6 is 0 Å². The number of carbonyl (C=O) groups is 1. The Morgan fingerprint density at radius 3 is 2.76 bits per heavy atom. The lowest BCUT2D eigenvalue weighted by Gasteiger charge is -2.28. The van der Waals surface area contributed by atoms with Gasteiger partial charge in [0.1, 0.15) is 11.6 Å². The van der Waals surface area contributed by atoms with Crippen LogP contribution in [-0.2, 0) is 9.47 Å². The highest BCUT2D eigenvalue weighted by molar-refractivity contribution is 6.01. The van der Waals surface area contributed by atoms with Crippen molar-refractivity contribution in [2.75, 3.05) is 74.0 Å². The minimum atomic E-state index is -0.364. The molecular weight excluding hydrogens is 422 g/mol. The van der Waals surface area contributed by atoms with Crippen molar-refractivity contribution in [1.82, 2.24) is 15.0 Å². The van der Waals surface area contributed by atoms with Crippen molar-refractivity contribution in [3.8, 4) is 0 Å². The molecule has 1 saturated heterocycles. The Morgan fingerprint density at radius 1 is 1.21 bits per heavy atom. The molecule has 0 aliphatic carbocycles. The Balaban J connectivity index is 1.53. The second-order valence-corrected chi connectivity index (χ2v) is 8.14. The number of anilines is 4. The van der Waals surface area contributed by atoms with Crippen LogP contribution in [0.2, 0.25) is 0 Å². The van der Waals surface area contributed by atoms with E-state index in [-0.39, 0.29) is 6.03 Å². The van der Waals surface area contributed by atoms with Crippen LogP contribution in [-0.4, -0.2) is 74.6 Å². The second kappa shape index (κ2) is 10.1. The molecule has 176 valence electrons. The smallest absolute Gasteiger partial charge is 0.324 e. The van der Waals surface area contributed by atoms with Gasteiger partial charge in [-0.1, -0.05) is 0 Å². The standard InChI is InChI=1S/C23H31N7O3/c1-15-16(2)24-19-6-5-17(13-18(15)19)25-23(31)27-20-14-21(29(3)7-10-32-4)28-22(26-20)30-8-11-33-12-9-30/h5-6,13-14,24H,7-12H2,1-4H3,(H2,25,26,27,28,31). The summed E-state index contributed by atoms with van der Waals surface area (Å²) in [6.07, 6.45) is 0. The molecule has 0 unspecified atom stereocenters. The first kappa shape index (κ1) is 22.8. The molecule has 0 bridgehead atoms. The van der Waals surface area contributed by atoms with Gasteiger partial charge in [-0.25, -0.2) is 4.79 Å².